The van der Waals surface area contributed by atoms with Crippen LogP contribution in [-0.2, 0) is 11.3 Å². The number of fused-ring (bicyclic) bond motifs is 1. The molecule has 0 bridgehead atoms. The first-order valence-corrected chi connectivity index (χ1v) is 5.01. The third-order valence-electron chi connectivity index (χ3n) is 2.20. The Balaban J connectivity index is 2.49. The lowest BCUT2D eigenvalue weighted by Crippen LogP contribution is -2.21. The van der Waals surface area contributed by atoms with Crippen molar-refractivity contribution in [1.29, 1.82) is 0 Å². The number of carboxylic acid groups (broad SMARTS) is 1. The Hall–Kier alpha value is -0.620. The van der Waals surface area contributed by atoms with E-state index in [-0.39, 0.29) is 0 Å². The molecule has 0 unspecified atom stereocenters. The second-order valence-electron chi connectivity index (χ2n) is 2.96. The first-order valence-electron chi connectivity index (χ1n) is 3.93. The lowest BCUT2D eigenvalue weighted by molar-refractivity contribution is -0.139. The molecule has 2 N–H and O–H groups in total. The number of hydrogen-bond acceptors (Lipinski definition) is 2. The standard InChI is InChI=1S/C9H8INO2/c10-7-3-1-2-5-6(7)4-11-8(5)9(12)13/h1-3,8,11H,4H2,(H,12,13)/t8-/m1/s1. The van der Waals surface area contributed by atoms with Crippen LogP contribution in [0.1, 0.15) is 17.2 Å². The second-order valence-corrected chi connectivity index (χ2v) is 4.12. The largest absolute Gasteiger partial charge is 0.480 e. The number of rotatable bonds is 1. The Morgan fingerprint density at radius 3 is 3.08 bits per heavy atom. The number of halogens is 1. The van der Waals surface area contributed by atoms with E-state index in [1.165, 1.54) is 0 Å². The Morgan fingerprint density at radius 1 is 1.62 bits per heavy atom. The zero-order chi connectivity index (χ0) is 9.42. The first kappa shape index (κ1) is 8.96. The summed E-state index contributed by atoms with van der Waals surface area (Å²) in [5, 5.41) is 11.8. The normalized spacial score (nSPS) is 19.9. The Kier molecular flexibility index (Phi) is 2.25. The van der Waals surface area contributed by atoms with Crippen LogP contribution in [0.3, 0.4) is 0 Å². The van der Waals surface area contributed by atoms with E-state index in [1.807, 2.05) is 18.2 Å². The summed E-state index contributed by atoms with van der Waals surface area (Å²) in [7, 11) is 0. The van der Waals surface area contributed by atoms with Crippen molar-refractivity contribution in [1.82, 2.24) is 5.32 Å². The minimum Gasteiger partial charge on any atom is -0.480 e. The van der Waals surface area contributed by atoms with Crippen LogP contribution in [0.2, 0.25) is 0 Å². The maximum Gasteiger partial charge on any atom is 0.325 e. The maximum atomic E-state index is 10.8. The van der Waals surface area contributed by atoms with Gasteiger partial charge in [-0.3, -0.25) is 10.1 Å². The van der Waals surface area contributed by atoms with Crippen LogP contribution in [-0.4, -0.2) is 11.1 Å². The fourth-order valence-corrected chi connectivity index (χ4v) is 2.28. The lowest BCUT2D eigenvalue weighted by Gasteiger charge is -2.05. The van der Waals surface area contributed by atoms with Gasteiger partial charge in [-0.25, -0.2) is 0 Å². The number of hydrogen-bond donors (Lipinski definition) is 2. The number of carbonyl (C=O) groups is 1. The molecular formula is C9H8INO2. The van der Waals surface area contributed by atoms with Crippen LogP contribution < -0.4 is 5.32 Å². The van der Waals surface area contributed by atoms with Crippen LogP contribution in [0.5, 0.6) is 0 Å². The van der Waals surface area contributed by atoms with E-state index in [1.54, 1.807) is 0 Å². The molecule has 68 valence electrons. The highest BCUT2D eigenvalue weighted by Crippen LogP contribution is 2.28. The molecule has 13 heavy (non-hydrogen) atoms. The molecule has 0 fully saturated rings. The smallest absolute Gasteiger partial charge is 0.325 e. The van der Waals surface area contributed by atoms with Crippen LogP contribution in [0, 0.1) is 3.57 Å². The molecule has 2 rings (SSSR count). The summed E-state index contributed by atoms with van der Waals surface area (Å²) < 4.78 is 1.13. The van der Waals surface area contributed by atoms with Crippen molar-refractivity contribution in [3.05, 3.63) is 32.9 Å². The number of benzene rings is 1. The van der Waals surface area contributed by atoms with Crippen LogP contribution >= 0.6 is 22.6 Å². The van der Waals surface area contributed by atoms with Gasteiger partial charge in [0, 0.05) is 10.1 Å². The zero-order valence-electron chi connectivity index (χ0n) is 6.75. The number of aliphatic carboxylic acids is 1. The fraction of sp³-hybridized carbons (Fsp3) is 0.222. The third kappa shape index (κ3) is 1.44. The molecule has 1 aliphatic heterocycles. The second kappa shape index (κ2) is 3.26. The van der Waals surface area contributed by atoms with Gasteiger partial charge in [-0.05, 0) is 39.8 Å². The topological polar surface area (TPSA) is 49.3 Å². The third-order valence-corrected chi connectivity index (χ3v) is 3.21. The average molecular weight is 289 g/mol. The predicted octanol–water partition coefficient (Wildman–Crippen LogP) is 1.52. The van der Waals surface area contributed by atoms with Gasteiger partial charge in [0.25, 0.3) is 0 Å². The molecule has 0 saturated heterocycles. The average Bonchev–Trinajstić information content (AvgIpc) is 2.48. The Morgan fingerprint density at radius 2 is 2.38 bits per heavy atom. The summed E-state index contributed by atoms with van der Waals surface area (Å²) in [5.74, 6) is -0.805. The maximum absolute atomic E-state index is 10.8. The quantitative estimate of drug-likeness (QED) is 0.771. The number of carboxylic acids is 1. The van der Waals surface area contributed by atoms with Gasteiger partial charge in [-0.1, -0.05) is 12.1 Å². The molecule has 0 radical (unpaired) electrons. The van der Waals surface area contributed by atoms with Gasteiger partial charge in [0.15, 0.2) is 0 Å². The summed E-state index contributed by atoms with van der Waals surface area (Å²) in [4.78, 5) is 10.8. The SMILES string of the molecule is O=C(O)[C@@H]1NCc2c(I)cccc21. The fourth-order valence-electron chi connectivity index (χ4n) is 1.57. The molecule has 1 heterocycles. The van der Waals surface area contributed by atoms with E-state index < -0.39 is 12.0 Å². The van der Waals surface area contributed by atoms with Crippen molar-refractivity contribution < 1.29 is 9.90 Å². The minimum atomic E-state index is -0.805. The summed E-state index contributed by atoms with van der Waals surface area (Å²) >= 11 is 2.23. The highest BCUT2D eigenvalue weighted by Gasteiger charge is 2.28. The summed E-state index contributed by atoms with van der Waals surface area (Å²) in [6.07, 6.45) is 0. The van der Waals surface area contributed by atoms with Crippen molar-refractivity contribution in [2.75, 3.05) is 0 Å². The predicted molar refractivity (Wildman–Crippen MR) is 56.4 cm³/mol. The van der Waals surface area contributed by atoms with Crippen molar-refractivity contribution in [3.63, 3.8) is 0 Å². The van der Waals surface area contributed by atoms with Crippen molar-refractivity contribution in [2.24, 2.45) is 0 Å². The summed E-state index contributed by atoms with van der Waals surface area (Å²) in [6, 6.07) is 5.23. The van der Waals surface area contributed by atoms with Crippen molar-refractivity contribution in [3.8, 4) is 0 Å². The molecule has 0 saturated carbocycles. The van der Waals surface area contributed by atoms with Crippen molar-refractivity contribution >= 4 is 28.6 Å². The van der Waals surface area contributed by atoms with Crippen LogP contribution in [0.15, 0.2) is 18.2 Å². The van der Waals surface area contributed by atoms with Crippen molar-refractivity contribution in [2.45, 2.75) is 12.6 Å². The molecule has 1 aliphatic rings. The molecule has 4 heteroatoms. The van der Waals surface area contributed by atoms with E-state index >= 15 is 0 Å². The zero-order valence-corrected chi connectivity index (χ0v) is 8.91. The molecule has 0 aromatic heterocycles. The molecule has 3 nitrogen and oxygen atoms in total. The number of nitrogens with one attached hydrogen (secondary N) is 1. The first-order chi connectivity index (χ1) is 6.20. The molecule has 0 aliphatic carbocycles. The van der Waals surface area contributed by atoms with Gasteiger partial charge in [-0.2, -0.15) is 0 Å². The van der Waals surface area contributed by atoms with E-state index in [4.69, 9.17) is 5.11 Å². The molecule has 1 atom stereocenters. The molecule has 0 amide bonds. The van der Waals surface area contributed by atoms with Gasteiger partial charge in [0.1, 0.15) is 6.04 Å². The lowest BCUT2D eigenvalue weighted by atomic mass is 10.1. The highest BCUT2D eigenvalue weighted by atomic mass is 127. The summed E-state index contributed by atoms with van der Waals surface area (Å²) in [5.41, 5.74) is 2.02. The molecule has 1 aromatic carbocycles. The molecular weight excluding hydrogens is 281 g/mol. The van der Waals surface area contributed by atoms with Gasteiger partial charge in [0.05, 0.1) is 0 Å². The van der Waals surface area contributed by atoms with Gasteiger partial charge >= 0.3 is 5.97 Å². The van der Waals surface area contributed by atoms with E-state index in [0.717, 1.165) is 14.7 Å². The van der Waals surface area contributed by atoms with Gasteiger partial charge in [-0.15, -0.1) is 0 Å². The van der Waals surface area contributed by atoms with Gasteiger partial charge < -0.3 is 5.11 Å². The Bertz CT molecular complexity index is 365. The van der Waals surface area contributed by atoms with Gasteiger partial charge in [0.2, 0.25) is 0 Å². The highest BCUT2D eigenvalue weighted by molar-refractivity contribution is 14.1. The van der Waals surface area contributed by atoms with Crippen LogP contribution in [0.4, 0.5) is 0 Å². The van der Waals surface area contributed by atoms with Crippen LogP contribution in [0.25, 0.3) is 0 Å². The monoisotopic (exact) mass is 289 g/mol. The summed E-state index contributed by atoms with van der Waals surface area (Å²) in [6.45, 7) is 0.658. The molecule has 1 aromatic rings. The van der Waals surface area contributed by atoms with E-state index in [0.29, 0.717) is 6.54 Å². The Labute approximate surface area is 89.3 Å². The van der Waals surface area contributed by atoms with E-state index in [9.17, 15) is 4.79 Å². The van der Waals surface area contributed by atoms with E-state index in [2.05, 4.69) is 27.9 Å². The minimum absolute atomic E-state index is 0.523. The molecule has 0 spiro atoms.